The Kier molecular flexibility index (Phi) is 2.01. The number of nitriles is 1. The van der Waals surface area contributed by atoms with E-state index in [1.807, 2.05) is 12.2 Å². The molecule has 1 nitrogen and oxygen atoms in total. The van der Waals surface area contributed by atoms with E-state index in [1.54, 1.807) is 0 Å². The van der Waals surface area contributed by atoms with Gasteiger partial charge in [-0.05, 0) is 51.3 Å². The molecule has 0 heterocycles. The average molecular weight is 241 g/mol. The first-order valence-electron chi connectivity index (χ1n) is 6.42. The Balaban J connectivity index is 2.08. The highest BCUT2D eigenvalue weighted by molar-refractivity contribution is 5.82. The monoisotopic (exact) mass is 241 g/mol. The number of rotatable bonds is 0. The molecule has 4 rings (SSSR count). The fraction of sp³-hybridized carbons (Fsp3) is 0.0556. The standard InChI is InChI=1S/C18H11N/c19-11-12-9-14-6-8-16-15-4-2-1-3-13(15)5-7-17(16)18(14)10-12/h1-4,6-10H,5H2. The molecule has 0 spiro atoms. The first kappa shape index (κ1) is 10.3. The zero-order valence-corrected chi connectivity index (χ0v) is 10.4. The summed E-state index contributed by atoms with van der Waals surface area (Å²) in [6, 6.07) is 15.1. The number of hydrogen-bond acceptors (Lipinski definition) is 1. The number of nitrogens with zero attached hydrogens (tertiary/aromatic N) is 1. The molecule has 2 aromatic rings. The Morgan fingerprint density at radius 2 is 1.79 bits per heavy atom. The van der Waals surface area contributed by atoms with Crippen LogP contribution in [0.5, 0.6) is 0 Å². The van der Waals surface area contributed by atoms with E-state index in [0.717, 1.165) is 17.6 Å². The van der Waals surface area contributed by atoms with Crippen LogP contribution in [0.25, 0.3) is 29.4 Å². The van der Waals surface area contributed by atoms with Crippen molar-refractivity contribution in [2.75, 3.05) is 0 Å². The molecule has 0 N–H and O–H groups in total. The molecule has 0 saturated heterocycles. The van der Waals surface area contributed by atoms with E-state index in [-0.39, 0.29) is 0 Å². The van der Waals surface area contributed by atoms with Gasteiger partial charge < -0.3 is 0 Å². The highest BCUT2D eigenvalue weighted by Crippen LogP contribution is 2.24. The molecule has 0 aliphatic heterocycles. The van der Waals surface area contributed by atoms with E-state index in [0.29, 0.717) is 0 Å². The summed E-state index contributed by atoms with van der Waals surface area (Å²) in [7, 11) is 0. The van der Waals surface area contributed by atoms with Crippen LogP contribution in [0, 0.1) is 11.3 Å². The molecule has 0 bridgehead atoms. The highest BCUT2D eigenvalue weighted by atomic mass is 14.3. The van der Waals surface area contributed by atoms with Crippen LogP contribution in [0.2, 0.25) is 0 Å². The van der Waals surface area contributed by atoms with Gasteiger partial charge in [-0.1, -0.05) is 42.5 Å². The second-order valence-corrected chi connectivity index (χ2v) is 4.95. The maximum Gasteiger partial charge on any atom is 0.0992 e. The average Bonchev–Trinajstić information content (AvgIpc) is 2.90. The molecule has 1 heteroatoms. The summed E-state index contributed by atoms with van der Waals surface area (Å²) in [5.74, 6) is 0. The van der Waals surface area contributed by atoms with Gasteiger partial charge >= 0.3 is 0 Å². The molecule has 0 fully saturated rings. The molecule has 0 radical (unpaired) electrons. The minimum absolute atomic E-state index is 0.746. The third kappa shape index (κ3) is 1.41. The van der Waals surface area contributed by atoms with Gasteiger partial charge in [-0.15, -0.1) is 0 Å². The quantitative estimate of drug-likeness (QED) is 0.694. The van der Waals surface area contributed by atoms with Gasteiger partial charge in [0, 0.05) is 0 Å². The summed E-state index contributed by atoms with van der Waals surface area (Å²) in [4.78, 5) is 0. The van der Waals surface area contributed by atoms with E-state index < -0.39 is 0 Å². The summed E-state index contributed by atoms with van der Waals surface area (Å²) in [6.07, 6.45) is 7.21. The smallest absolute Gasteiger partial charge is 0.0992 e. The lowest BCUT2D eigenvalue weighted by Gasteiger charge is -2.14. The normalized spacial score (nSPS) is 14.2. The molecule has 2 aliphatic rings. The van der Waals surface area contributed by atoms with Gasteiger partial charge in [0.2, 0.25) is 0 Å². The van der Waals surface area contributed by atoms with Crippen molar-refractivity contribution in [3.8, 4) is 17.2 Å². The summed E-state index contributed by atoms with van der Waals surface area (Å²) >= 11 is 0. The summed E-state index contributed by atoms with van der Waals surface area (Å²) in [5.41, 5.74) is 5.88. The van der Waals surface area contributed by atoms with Crippen molar-refractivity contribution in [3.05, 3.63) is 63.5 Å². The van der Waals surface area contributed by atoms with Gasteiger partial charge in [0.15, 0.2) is 0 Å². The lowest BCUT2D eigenvalue weighted by atomic mass is 9.90. The van der Waals surface area contributed by atoms with Crippen molar-refractivity contribution < 1.29 is 0 Å². The molecule has 0 saturated carbocycles. The van der Waals surface area contributed by atoms with E-state index in [4.69, 9.17) is 5.26 Å². The molecule has 88 valence electrons. The second kappa shape index (κ2) is 3.70. The van der Waals surface area contributed by atoms with Crippen LogP contribution < -0.4 is 10.4 Å². The van der Waals surface area contributed by atoms with Crippen molar-refractivity contribution in [3.63, 3.8) is 0 Å². The molecule has 2 aliphatic carbocycles. The molecule has 0 amide bonds. The summed E-state index contributed by atoms with van der Waals surface area (Å²) in [5, 5.41) is 11.5. The SMILES string of the molecule is N#CC1=Cc2ccc3c(c2=C1)=CCc1ccccc1-3. The number of benzene rings is 2. The molecular formula is C18H11N. The summed E-state index contributed by atoms with van der Waals surface area (Å²) < 4.78 is 0. The number of fused-ring (bicyclic) bond motifs is 5. The minimum atomic E-state index is 0.746. The molecule has 0 aromatic heterocycles. The van der Waals surface area contributed by atoms with Crippen LogP contribution in [0.3, 0.4) is 0 Å². The molecular weight excluding hydrogens is 230 g/mol. The van der Waals surface area contributed by atoms with Gasteiger partial charge in [-0.3, -0.25) is 0 Å². The van der Waals surface area contributed by atoms with Crippen LogP contribution in [0.15, 0.2) is 42.0 Å². The fourth-order valence-corrected chi connectivity index (χ4v) is 3.00. The number of allylic oxidation sites excluding steroid dienone is 1. The molecule has 0 unspecified atom stereocenters. The van der Waals surface area contributed by atoms with Gasteiger partial charge in [-0.2, -0.15) is 5.26 Å². The van der Waals surface area contributed by atoms with Crippen LogP contribution in [-0.2, 0) is 6.42 Å². The Labute approximate surface area is 111 Å². The van der Waals surface area contributed by atoms with E-state index in [9.17, 15) is 0 Å². The Morgan fingerprint density at radius 1 is 0.895 bits per heavy atom. The highest BCUT2D eigenvalue weighted by Gasteiger charge is 2.14. The third-order valence-corrected chi connectivity index (χ3v) is 3.89. The molecule has 19 heavy (non-hydrogen) atoms. The van der Waals surface area contributed by atoms with Gasteiger partial charge in [0.1, 0.15) is 0 Å². The maximum absolute atomic E-state index is 9.04. The van der Waals surface area contributed by atoms with Gasteiger partial charge in [-0.25, -0.2) is 0 Å². The zero-order valence-electron chi connectivity index (χ0n) is 10.4. The lowest BCUT2D eigenvalue weighted by molar-refractivity contribution is 1.28. The van der Waals surface area contributed by atoms with Gasteiger partial charge in [0.05, 0.1) is 11.6 Å². The van der Waals surface area contributed by atoms with Crippen molar-refractivity contribution >= 4 is 18.2 Å². The predicted octanol–water partition coefficient (Wildman–Crippen LogP) is 2.39. The van der Waals surface area contributed by atoms with Crippen molar-refractivity contribution in [1.82, 2.24) is 0 Å². The Morgan fingerprint density at radius 3 is 2.68 bits per heavy atom. The molecule has 0 atom stereocenters. The van der Waals surface area contributed by atoms with Crippen molar-refractivity contribution in [1.29, 1.82) is 5.26 Å². The fourth-order valence-electron chi connectivity index (χ4n) is 3.00. The maximum atomic E-state index is 9.04. The predicted molar refractivity (Wildman–Crippen MR) is 77.4 cm³/mol. The van der Waals surface area contributed by atoms with Crippen LogP contribution in [0.1, 0.15) is 11.1 Å². The van der Waals surface area contributed by atoms with Crippen LogP contribution >= 0.6 is 0 Å². The Bertz CT molecular complexity index is 892. The van der Waals surface area contributed by atoms with Crippen molar-refractivity contribution in [2.24, 2.45) is 0 Å². The van der Waals surface area contributed by atoms with Gasteiger partial charge in [0.25, 0.3) is 0 Å². The molecule has 2 aromatic carbocycles. The topological polar surface area (TPSA) is 23.8 Å². The van der Waals surface area contributed by atoms with E-state index in [1.165, 1.54) is 27.1 Å². The lowest BCUT2D eigenvalue weighted by Crippen LogP contribution is -2.30. The summed E-state index contributed by atoms with van der Waals surface area (Å²) in [6.45, 7) is 0. The zero-order chi connectivity index (χ0) is 12.8. The second-order valence-electron chi connectivity index (χ2n) is 4.95. The third-order valence-electron chi connectivity index (χ3n) is 3.89. The largest absolute Gasteiger partial charge is 0.192 e. The minimum Gasteiger partial charge on any atom is -0.192 e. The van der Waals surface area contributed by atoms with E-state index in [2.05, 4.69) is 48.5 Å². The first-order chi connectivity index (χ1) is 9.36. The Hall–Kier alpha value is -2.59. The van der Waals surface area contributed by atoms with E-state index >= 15 is 0 Å². The van der Waals surface area contributed by atoms with Crippen LogP contribution in [-0.4, -0.2) is 0 Å². The number of hydrogen-bond donors (Lipinski definition) is 0. The van der Waals surface area contributed by atoms with Crippen molar-refractivity contribution in [2.45, 2.75) is 6.42 Å². The van der Waals surface area contributed by atoms with Crippen LogP contribution in [0.4, 0.5) is 0 Å². The first-order valence-corrected chi connectivity index (χ1v) is 6.42.